The Morgan fingerprint density at radius 2 is 2.25 bits per heavy atom. The first-order valence-corrected chi connectivity index (χ1v) is 6.62. The number of nitrogens with one attached hydrogen (secondary N) is 2. The maximum Gasteiger partial charge on any atom is 0.387 e. The fraction of sp³-hybridized carbons (Fsp3) is 0.500. The normalized spacial score (nSPS) is 20.6. The molecule has 0 aliphatic carbocycles. The Morgan fingerprint density at radius 3 is 2.90 bits per heavy atom. The minimum atomic E-state index is -2.82. The van der Waals surface area contributed by atoms with Gasteiger partial charge in [-0.15, -0.1) is 0 Å². The van der Waals surface area contributed by atoms with E-state index in [1.807, 2.05) is 13.0 Å². The number of piperidine rings is 1. The third-order valence-electron chi connectivity index (χ3n) is 3.33. The fourth-order valence-corrected chi connectivity index (χ4v) is 2.28. The number of carbonyl (C=O) groups excluding carboxylic acids is 1. The Labute approximate surface area is 116 Å². The summed E-state index contributed by atoms with van der Waals surface area (Å²) in [6.07, 6.45) is 1.29. The quantitative estimate of drug-likeness (QED) is 0.871. The molecule has 1 amide bonds. The van der Waals surface area contributed by atoms with E-state index in [1.165, 1.54) is 6.07 Å². The predicted octanol–water partition coefficient (Wildman–Crippen LogP) is 2.22. The minimum absolute atomic E-state index is 0.00350. The highest BCUT2D eigenvalue weighted by molar-refractivity contribution is 5.76. The Morgan fingerprint density at radius 1 is 1.45 bits per heavy atom. The molecule has 1 heterocycles. The standard InChI is InChI=1S/C14H18F2N2O2/c1-9(18-11-5-6-13(19)17-8-11)10-3-2-4-12(7-10)20-14(15)16/h2-4,7,9,11,14,18H,5-6,8H2,1H3,(H,17,19). The molecule has 110 valence electrons. The van der Waals surface area contributed by atoms with Crippen LogP contribution >= 0.6 is 0 Å². The summed E-state index contributed by atoms with van der Waals surface area (Å²) in [6.45, 7) is -0.268. The van der Waals surface area contributed by atoms with Crippen molar-refractivity contribution in [2.45, 2.75) is 38.5 Å². The first-order valence-electron chi connectivity index (χ1n) is 6.62. The molecule has 1 aliphatic rings. The van der Waals surface area contributed by atoms with Crippen molar-refractivity contribution in [1.29, 1.82) is 0 Å². The van der Waals surface area contributed by atoms with E-state index in [-0.39, 0.29) is 23.7 Å². The van der Waals surface area contributed by atoms with Crippen molar-refractivity contribution in [2.75, 3.05) is 6.54 Å². The zero-order valence-corrected chi connectivity index (χ0v) is 11.2. The number of rotatable bonds is 5. The van der Waals surface area contributed by atoms with Crippen LogP contribution in [-0.4, -0.2) is 25.1 Å². The highest BCUT2D eigenvalue weighted by Crippen LogP contribution is 2.21. The van der Waals surface area contributed by atoms with Crippen LogP contribution in [0.1, 0.15) is 31.4 Å². The predicted molar refractivity (Wildman–Crippen MR) is 70.7 cm³/mol. The van der Waals surface area contributed by atoms with Crippen LogP contribution in [0.3, 0.4) is 0 Å². The number of ether oxygens (including phenoxy) is 1. The summed E-state index contributed by atoms with van der Waals surface area (Å²) in [6, 6.07) is 6.85. The van der Waals surface area contributed by atoms with E-state index in [2.05, 4.69) is 15.4 Å². The van der Waals surface area contributed by atoms with E-state index < -0.39 is 6.61 Å². The van der Waals surface area contributed by atoms with Crippen molar-refractivity contribution in [3.05, 3.63) is 29.8 Å². The van der Waals surface area contributed by atoms with Crippen molar-refractivity contribution in [2.24, 2.45) is 0 Å². The molecule has 1 fully saturated rings. The van der Waals surface area contributed by atoms with Crippen molar-refractivity contribution in [3.8, 4) is 5.75 Å². The van der Waals surface area contributed by atoms with Gasteiger partial charge in [0, 0.05) is 25.0 Å². The molecule has 0 spiro atoms. The average molecular weight is 284 g/mol. The average Bonchev–Trinajstić information content (AvgIpc) is 2.41. The van der Waals surface area contributed by atoms with Crippen LogP contribution in [0.15, 0.2) is 24.3 Å². The number of hydrogen-bond donors (Lipinski definition) is 2. The second-order valence-corrected chi connectivity index (χ2v) is 4.88. The van der Waals surface area contributed by atoms with E-state index in [1.54, 1.807) is 12.1 Å². The second kappa shape index (κ2) is 6.65. The van der Waals surface area contributed by atoms with E-state index >= 15 is 0 Å². The SMILES string of the molecule is CC(NC1CCC(=O)NC1)c1cccc(OC(F)F)c1. The number of hydrogen-bond acceptors (Lipinski definition) is 3. The minimum Gasteiger partial charge on any atom is -0.435 e. The van der Waals surface area contributed by atoms with Crippen molar-refractivity contribution in [3.63, 3.8) is 0 Å². The monoisotopic (exact) mass is 284 g/mol. The summed E-state index contributed by atoms with van der Waals surface area (Å²) < 4.78 is 28.8. The third-order valence-corrected chi connectivity index (χ3v) is 3.33. The van der Waals surface area contributed by atoms with Gasteiger partial charge in [-0.1, -0.05) is 12.1 Å². The lowest BCUT2D eigenvalue weighted by atomic mass is 10.0. The first kappa shape index (κ1) is 14.7. The van der Waals surface area contributed by atoms with Crippen LogP contribution in [0.2, 0.25) is 0 Å². The van der Waals surface area contributed by atoms with Crippen molar-refractivity contribution < 1.29 is 18.3 Å². The van der Waals surface area contributed by atoms with E-state index in [0.29, 0.717) is 13.0 Å². The summed E-state index contributed by atoms with van der Waals surface area (Å²) in [5.41, 5.74) is 0.875. The van der Waals surface area contributed by atoms with Gasteiger partial charge in [0.05, 0.1) is 0 Å². The van der Waals surface area contributed by atoms with Crippen LogP contribution in [0.25, 0.3) is 0 Å². The lowest BCUT2D eigenvalue weighted by Crippen LogP contribution is -2.46. The molecule has 0 radical (unpaired) electrons. The van der Waals surface area contributed by atoms with Gasteiger partial charge < -0.3 is 15.4 Å². The first-order chi connectivity index (χ1) is 9.54. The van der Waals surface area contributed by atoms with E-state index in [4.69, 9.17) is 0 Å². The maximum atomic E-state index is 12.2. The molecule has 1 saturated heterocycles. The van der Waals surface area contributed by atoms with Crippen LogP contribution < -0.4 is 15.4 Å². The van der Waals surface area contributed by atoms with Crippen molar-refractivity contribution >= 4 is 5.91 Å². The number of halogens is 2. The Balaban J connectivity index is 1.94. The number of benzene rings is 1. The van der Waals surface area contributed by atoms with Crippen LogP contribution in [0.5, 0.6) is 5.75 Å². The largest absolute Gasteiger partial charge is 0.435 e. The maximum absolute atomic E-state index is 12.2. The molecule has 1 aliphatic heterocycles. The Hall–Kier alpha value is -1.69. The fourth-order valence-electron chi connectivity index (χ4n) is 2.28. The van der Waals surface area contributed by atoms with Crippen LogP contribution in [0.4, 0.5) is 8.78 Å². The van der Waals surface area contributed by atoms with E-state index in [0.717, 1.165) is 12.0 Å². The molecule has 2 unspecified atom stereocenters. The summed E-state index contributed by atoms with van der Waals surface area (Å²) in [4.78, 5) is 11.1. The number of carbonyl (C=O) groups is 1. The molecule has 2 N–H and O–H groups in total. The molecule has 0 saturated carbocycles. The number of amides is 1. The van der Waals surface area contributed by atoms with Gasteiger partial charge in [0.2, 0.25) is 5.91 Å². The Bertz CT molecular complexity index is 458. The Kier molecular flexibility index (Phi) is 4.89. The highest BCUT2D eigenvalue weighted by atomic mass is 19.3. The highest BCUT2D eigenvalue weighted by Gasteiger charge is 2.20. The lowest BCUT2D eigenvalue weighted by Gasteiger charge is -2.27. The third kappa shape index (κ3) is 4.16. The van der Waals surface area contributed by atoms with Gasteiger partial charge in [0.25, 0.3) is 0 Å². The zero-order chi connectivity index (χ0) is 14.5. The molecular weight excluding hydrogens is 266 g/mol. The smallest absolute Gasteiger partial charge is 0.387 e. The molecule has 4 nitrogen and oxygen atoms in total. The summed E-state index contributed by atoms with van der Waals surface area (Å²) >= 11 is 0. The molecular formula is C14H18F2N2O2. The summed E-state index contributed by atoms with van der Waals surface area (Å²) in [5.74, 6) is 0.228. The van der Waals surface area contributed by atoms with Crippen LogP contribution in [0, 0.1) is 0 Å². The zero-order valence-electron chi connectivity index (χ0n) is 11.2. The van der Waals surface area contributed by atoms with Gasteiger partial charge >= 0.3 is 6.61 Å². The van der Waals surface area contributed by atoms with Gasteiger partial charge in [0.15, 0.2) is 0 Å². The second-order valence-electron chi connectivity index (χ2n) is 4.88. The molecule has 6 heteroatoms. The number of alkyl halides is 2. The molecule has 1 aromatic rings. The molecule has 20 heavy (non-hydrogen) atoms. The van der Waals surface area contributed by atoms with Gasteiger partial charge in [-0.25, -0.2) is 0 Å². The summed E-state index contributed by atoms with van der Waals surface area (Å²) in [7, 11) is 0. The lowest BCUT2D eigenvalue weighted by molar-refractivity contribution is -0.122. The topological polar surface area (TPSA) is 50.4 Å². The molecule has 0 aromatic heterocycles. The van der Waals surface area contributed by atoms with Gasteiger partial charge in [-0.3, -0.25) is 4.79 Å². The van der Waals surface area contributed by atoms with E-state index in [9.17, 15) is 13.6 Å². The van der Waals surface area contributed by atoms with Gasteiger partial charge in [-0.05, 0) is 31.0 Å². The van der Waals surface area contributed by atoms with Crippen molar-refractivity contribution in [1.82, 2.24) is 10.6 Å². The summed E-state index contributed by atoms with van der Waals surface area (Å²) in [5, 5.41) is 6.18. The molecule has 2 atom stereocenters. The molecule has 2 rings (SSSR count). The van der Waals surface area contributed by atoms with Gasteiger partial charge in [0.1, 0.15) is 5.75 Å². The molecule has 1 aromatic carbocycles. The van der Waals surface area contributed by atoms with Crippen LogP contribution in [-0.2, 0) is 4.79 Å². The van der Waals surface area contributed by atoms with Gasteiger partial charge in [-0.2, -0.15) is 8.78 Å². The molecule has 0 bridgehead atoms.